The van der Waals surface area contributed by atoms with Gasteiger partial charge < -0.3 is 35.0 Å². The van der Waals surface area contributed by atoms with Gasteiger partial charge in [0.2, 0.25) is 0 Å². The van der Waals surface area contributed by atoms with Crippen molar-refractivity contribution in [3.63, 3.8) is 0 Å². The Kier molecular flexibility index (Phi) is 8.14. The van der Waals surface area contributed by atoms with Gasteiger partial charge in [0.15, 0.2) is 12.4 Å². The van der Waals surface area contributed by atoms with E-state index in [1.807, 2.05) is 0 Å². The van der Waals surface area contributed by atoms with Crippen LogP contribution < -0.4 is 0 Å². The third-order valence-electron chi connectivity index (χ3n) is 12.3. The van der Waals surface area contributed by atoms with Gasteiger partial charge in [-0.3, -0.25) is 4.79 Å². The summed E-state index contributed by atoms with van der Waals surface area (Å²) in [5.74, 6) is 1.48. The van der Waals surface area contributed by atoms with Crippen LogP contribution in [0.25, 0.3) is 0 Å². The van der Waals surface area contributed by atoms with Gasteiger partial charge >= 0.3 is 11.9 Å². The number of carboxylic acid groups (broad SMARTS) is 2. The van der Waals surface area contributed by atoms with Crippen LogP contribution in [0.1, 0.15) is 91.4 Å². The molecule has 1 saturated heterocycles. The van der Waals surface area contributed by atoms with Crippen molar-refractivity contribution in [2.24, 2.45) is 46.3 Å². The molecule has 5 aliphatic rings. The zero-order valence-electron chi connectivity index (χ0n) is 23.6. The quantitative estimate of drug-likeness (QED) is 0.299. The minimum Gasteiger partial charge on any atom is -0.481 e. The molecule has 1 unspecified atom stereocenters. The summed E-state index contributed by atoms with van der Waals surface area (Å²) in [5, 5.41) is 49.1. The molecule has 0 aromatic carbocycles. The van der Waals surface area contributed by atoms with Gasteiger partial charge in [-0.1, -0.05) is 20.8 Å². The SMILES string of the molecule is C[C@H](CCC(=O)O)[C@H]1CC[C@H]2[C@@H]3CC[C@@H]4C[C@H](O[C@@H]5O[C@H](C(=O)O)[C@@H](O)C(O)[C@H]5O)CC[C@]4(C)[C@H]3CC[C@]12C. The van der Waals surface area contributed by atoms with Crippen molar-refractivity contribution in [3.8, 4) is 0 Å². The molecule has 0 amide bonds. The lowest BCUT2D eigenvalue weighted by atomic mass is 9.44. The van der Waals surface area contributed by atoms with Gasteiger partial charge in [0.1, 0.15) is 18.3 Å². The van der Waals surface area contributed by atoms with Crippen LogP contribution in [-0.4, -0.2) is 74.3 Å². The van der Waals surface area contributed by atoms with Crippen molar-refractivity contribution < 1.29 is 44.6 Å². The molecule has 4 saturated carbocycles. The molecule has 0 bridgehead atoms. The molecule has 1 aliphatic heterocycles. The number of aliphatic hydroxyl groups excluding tert-OH is 3. The molecule has 9 heteroatoms. The number of ether oxygens (including phenoxy) is 2. The Bertz CT molecular complexity index is 926. The van der Waals surface area contributed by atoms with E-state index >= 15 is 0 Å². The summed E-state index contributed by atoms with van der Waals surface area (Å²) in [6, 6.07) is 0. The molecule has 0 aromatic heterocycles. The zero-order valence-corrected chi connectivity index (χ0v) is 23.6. The van der Waals surface area contributed by atoms with E-state index in [1.54, 1.807) is 0 Å². The summed E-state index contributed by atoms with van der Waals surface area (Å²) < 4.78 is 11.5. The van der Waals surface area contributed by atoms with Crippen LogP contribution in [0.4, 0.5) is 0 Å². The first kappa shape index (κ1) is 29.2. The molecule has 5 N–H and O–H groups in total. The van der Waals surface area contributed by atoms with Gasteiger partial charge in [0.05, 0.1) is 6.10 Å². The van der Waals surface area contributed by atoms with Crippen LogP contribution in [0.3, 0.4) is 0 Å². The van der Waals surface area contributed by atoms with E-state index in [0.717, 1.165) is 32.1 Å². The Morgan fingerprint density at radius 1 is 0.897 bits per heavy atom. The second kappa shape index (κ2) is 10.9. The van der Waals surface area contributed by atoms with E-state index in [2.05, 4.69) is 20.8 Å². The minimum atomic E-state index is -1.71. The minimum absolute atomic E-state index is 0.198. The van der Waals surface area contributed by atoms with Crippen molar-refractivity contribution in [2.75, 3.05) is 0 Å². The van der Waals surface area contributed by atoms with E-state index < -0.39 is 42.6 Å². The van der Waals surface area contributed by atoms with E-state index in [1.165, 1.54) is 32.1 Å². The lowest BCUT2D eigenvalue weighted by Gasteiger charge is -2.61. The maximum absolute atomic E-state index is 11.5. The molecule has 0 spiro atoms. The van der Waals surface area contributed by atoms with Gasteiger partial charge in [-0.2, -0.15) is 0 Å². The summed E-state index contributed by atoms with van der Waals surface area (Å²) in [7, 11) is 0. The van der Waals surface area contributed by atoms with Crippen molar-refractivity contribution in [1.29, 1.82) is 0 Å². The summed E-state index contributed by atoms with van der Waals surface area (Å²) >= 11 is 0. The van der Waals surface area contributed by atoms with Crippen LogP contribution in [0.5, 0.6) is 0 Å². The Balaban J connectivity index is 1.23. The second-order valence-corrected chi connectivity index (χ2v) is 14.1. The monoisotopic (exact) mass is 552 g/mol. The van der Waals surface area contributed by atoms with Gasteiger partial charge in [0.25, 0.3) is 0 Å². The summed E-state index contributed by atoms with van der Waals surface area (Å²) in [6.45, 7) is 7.22. The number of hydrogen-bond donors (Lipinski definition) is 5. The molecule has 5 rings (SSSR count). The fraction of sp³-hybridized carbons (Fsp3) is 0.933. The molecule has 9 nitrogen and oxygen atoms in total. The van der Waals surface area contributed by atoms with Gasteiger partial charge in [-0.05, 0) is 111 Å². The Labute approximate surface area is 231 Å². The third-order valence-corrected chi connectivity index (χ3v) is 12.3. The molecule has 4 aliphatic carbocycles. The summed E-state index contributed by atoms with van der Waals surface area (Å²) in [6.07, 6.45) is 2.84. The normalized spacial score (nSPS) is 50.4. The maximum Gasteiger partial charge on any atom is 0.335 e. The highest BCUT2D eigenvalue weighted by Gasteiger charge is 2.61. The molecule has 222 valence electrons. The topological polar surface area (TPSA) is 154 Å². The molecular formula is C30H48O9. The van der Waals surface area contributed by atoms with Gasteiger partial charge in [0, 0.05) is 6.42 Å². The summed E-state index contributed by atoms with van der Waals surface area (Å²) in [4.78, 5) is 22.7. The van der Waals surface area contributed by atoms with E-state index in [0.29, 0.717) is 40.9 Å². The number of fused-ring (bicyclic) bond motifs is 5. The molecular weight excluding hydrogens is 504 g/mol. The van der Waals surface area contributed by atoms with E-state index in [4.69, 9.17) is 9.47 Å². The molecule has 5 fully saturated rings. The summed E-state index contributed by atoms with van der Waals surface area (Å²) in [5.41, 5.74) is 0.506. The average Bonchev–Trinajstić information content (AvgIpc) is 3.24. The van der Waals surface area contributed by atoms with Crippen LogP contribution in [-0.2, 0) is 19.1 Å². The first-order valence-corrected chi connectivity index (χ1v) is 15.2. The van der Waals surface area contributed by atoms with Crippen LogP contribution in [0, 0.1) is 46.3 Å². The lowest BCUT2D eigenvalue weighted by molar-refractivity contribution is -0.309. The first-order chi connectivity index (χ1) is 18.4. The van der Waals surface area contributed by atoms with Crippen LogP contribution in [0.15, 0.2) is 0 Å². The fourth-order valence-electron chi connectivity index (χ4n) is 10.2. The number of carbonyl (C=O) groups is 2. The van der Waals surface area contributed by atoms with Gasteiger partial charge in [-0.15, -0.1) is 0 Å². The maximum atomic E-state index is 11.5. The second-order valence-electron chi connectivity index (χ2n) is 14.1. The van der Waals surface area contributed by atoms with Crippen LogP contribution >= 0.6 is 0 Å². The predicted molar refractivity (Wildman–Crippen MR) is 140 cm³/mol. The Morgan fingerprint density at radius 3 is 2.28 bits per heavy atom. The molecule has 14 atom stereocenters. The largest absolute Gasteiger partial charge is 0.481 e. The van der Waals surface area contributed by atoms with Gasteiger partial charge in [-0.25, -0.2) is 4.79 Å². The van der Waals surface area contributed by atoms with Crippen LogP contribution in [0.2, 0.25) is 0 Å². The lowest BCUT2D eigenvalue weighted by Crippen LogP contribution is -2.61. The number of rotatable bonds is 7. The van der Waals surface area contributed by atoms with E-state index in [-0.39, 0.29) is 17.9 Å². The molecule has 0 aromatic rings. The average molecular weight is 553 g/mol. The third kappa shape index (κ3) is 5.05. The highest BCUT2D eigenvalue weighted by Crippen LogP contribution is 2.68. The fourth-order valence-corrected chi connectivity index (χ4v) is 10.2. The van der Waals surface area contributed by atoms with Crippen molar-refractivity contribution >= 4 is 11.9 Å². The van der Waals surface area contributed by atoms with Crippen molar-refractivity contribution in [1.82, 2.24) is 0 Å². The Morgan fingerprint density at radius 2 is 1.59 bits per heavy atom. The zero-order chi connectivity index (χ0) is 28.3. The molecule has 1 heterocycles. The van der Waals surface area contributed by atoms with E-state index in [9.17, 15) is 35.1 Å². The highest BCUT2D eigenvalue weighted by atomic mass is 16.7. The smallest absolute Gasteiger partial charge is 0.335 e. The van der Waals surface area contributed by atoms with Crippen molar-refractivity contribution in [3.05, 3.63) is 0 Å². The number of aliphatic carboxylic acids is 2. The highest BCUT2D eigenvalue weighted by molar-refractivity contribution is 5.73. The first-order valence-electron chi connectivity index (χ1n) is 15.2. The standard InChI is InChI=1S/C30H48O9/c1-15(4-9-22(31)32)19-7-8-20-18-6-5-16-14-17(10-12-29(16,2)21(18)11-13-30(19,20)3)38-28-25(35)23(33)24(34)26(39-28)27(36)37/h15-21,23-26,28,33-35H,4-14H2,1-3H3,(H,31,32)(H,36,37)/t15-,16-,17-,18+,19-,20+,21+,23?,24+,25-,26+,28-,29+,30-/m1/s1. The van der Waals surface area contributed by atoms with Crippen molar-refractivity contribution in [2.45, 2.75) is 128 Å². The number of hydrogen-bond acceptors (Lipinski definition) is 7. The molecule has 0 radical (unpaired) electrons. The molecule has 39 heavy (non-hydrogen) atoms. The number of aliphatic hydroxyl groups is 3. The Hall–Kier alpha value is -1.26. The predicted octanol–water partition coefficient (Wildman–Crippen LogP) is 3.42. The number of carboxylic acids is 2.